The lowest BCUT2D eigenvalue weighted by molar-refractivity contribution is -0.279. The lowest BCUT2D eigenvalue weighted by atomic mass is 9.76. The number of ether oxygens (including phenoxy) is 5. The first kappa shape index (κ1) is 36.5. The number of carbonyl (C=O) groups excluding carboxylic acids is 2. The molecule has 1 saturated carbocycles. The van der Waals surface area contributed by atoms with Gasteiger partial charge in [0.1, 0.15) is 35.6 Å². The predicted molar refractivity (Wildman–Crippen MR) is 212 cm³/mol. The number of allylic oxidation sites excluding steroid dienone is 1. The molecule has 10 rings (SSSR count). The fourth-order valence-electron chi connectivity index (χ4n) is 9.61. The molecule has 12 nitrogen and oxygen atoms in total. The molecule has 7 unspecified atom stereocenters. The number of phenolic OH excluding ortho intramolecular Hbond substituents is 1. The third kappa shape index (κ3) is 6.00. The summed E-state index contributed by atoms with van der Waals surface area (Å²) in [5, 5.41) is 37.7. The van der Waals surface area contributed by atoms with Crippen LogP contribution in [-0.4, -0.2) is 87.9 Å². The molecule has 5 aliphatic rings. The van der Waals surface area contributed by atoms with Crippen molar-refractivity contribution in [1.29, 1.82) is 0 Å². The fraction of sp³-hybridized carbons (Fsp3) is 0.348. The van der Waals surface area contributed by atoms with Crippen LogP contribution < -0.4 is 9.47 Å². The monoisotopic (exact) mass is 782 g/mol. The number of rotatable bonds is 5. The number of aliphatic hydroxyl groups is 2. The molecule has 1 saturated heterocycles. The highest BCUT2D eigenvalue weighted by Crippen LogP contribution is 2.53. The number of hydrogen-bond acceptors (Lipinski definition) is 10. The molecule has 5 aromatic rings. The van der Waals surface area contributed by atoms with E-state index in [1.165, 1.54) is 12.0 Å². The maximum absolute atomic E-state index is 14.7. The maximum Gasteiger partial charge on any atom is 0.254 e. The van der Waals surface area contributed by atoms with E-state index in [9.17, 15) is 24.9 Å². The highest BCUT2D eigenvalue weighted by atomic mass is 16.7. The molecule has 4 aromatic carbocycles. The number of H-pyrrole nitrogens is 1. The van der Waals surface area contributed by atoms with E-state index >= 15 is 0 Å². The summed E-state index contributed by atoms with van der Waals surface area (Å²) in [5.41, 5.74) is 5.60. The number of fused-ring (bicyclic) bond motifs is 10. The summed E-state index contributed by atoms with van der Waals surface area (Å²) in [5.74, 6) is 2.72. The number of aromatic nitrogens is 1. The van der Waals surface area contributed by atoms with Crippen molar-refractivity contribution in [3.8, 4) is 29.3 Å². The van der Waals surface area contributed by atoms with Crippen LogP contribution in [0.25, 0.3) is 27.8 Å². The number of benzene rings is 4. The number of amides is 1. The minimum atomic E-state index is -1.57. The Hall–Kier alpha value is -5.84. The van der Waals surface area contributed by atoms with Crippen LogP contribution >= 0.6 is 0 Å². The number of hydrogen-bond donors (Lipinski definition) is 4. The maximum atomic E-state index is 14.7. The molecule has 12 heteroatoms. The van der Waals surface area contributed by atoms with Gasteiger partial charge in [-0.2, -0.15) is 0 Å². The molecular formula is C46H42N2O10. The number of carbonyl (C=O) groups is 2. The number of aromatic hydroxyl groups is 1. The summed E-state index contributed by atoms with van der Waals surface area (Å²) < 4.78 is 30.6. The Bertz CT molecular complexity index is 2580. The quantitative estimate of drug-likeness (QED) is 0.162. The van der Waals surface area contributed by atoms with Gasteiger partial charge in [0.2, 0.25) is 6.29 Å². The van der Waals surface area contributed by atoms with E-state index < -0.39 is 30.7 Å². The van der Waals surface area contributed by atoms with Crippen LogP contribution in [0.4, 0.5) is 0 Å². The van der Waals surface area contributed by atoms with Crippen LogP contribution in [0.15, 0.2) is 66.9 Å². The summed E-state index contributed by atoms with van der Waals surface area (Å²) in [6, 6.07) is 16.6. The van der Waals surface area contributed by atoms with E-state index in [0.29, 0.717) is 16.7 Å². The van der Waals surface area contributed by atoms with Gasteiger partial charge in [0.25, 0.3) is 5.91 Å². The van der Waals surface area contributed by atoms with Crippen molar-refractivity contribution in [2.45, 2.75) is 75.5 Å². The van der Waals surface area contributed by atoms with E-state index in [4.69, 9.17) is 23.7 Å². The zero-order valence-corrected chi connectivity index (χ0v) is 31.8. The van der Waals surface area contributed by atoms with Crippen molar-refractivity contribution in [3.63, 3.8) is 0 Å². The molecule has 6 bridgehead atoms. The summed E-state index contributed by atoms with van der Waals surface area (Å²) in [4.78, 5) is 33.3. The van der Waals surface area contributed by atoms with Gasteiger partial charge in [0, 0.05) is 52.6 Å². The van der Waals surface area contributed by atoms with Crippen LogP contribution in [0.2, 0.25) is 0 Å². The normalized spacial score (nSPS) is 26.1. The average molecular weight is 783 g/mol. The summed E-state index contributed by atoms with van der Waals surface area (Å²) in [6.07, 6.45) is 4.96. The predicted octanol–water partition coefficient (Wildman–Crippen LogP) is 5.73. The fourth-order valence-corrected chi connectivity index (χ4v) is 9.61. The van der Waals surface area contributed by atoms with E-state index in [-0.39, 0.29) is 78.7 Å². The van der Waals surface area contributed by atoms with Gasteiger partial charge < -0.3 is 48.9 Å². The van der Waals surface area contributed by atoms with Gasteiger partial charge in [0.05, 0.1) is 37.8 Å². The lowest BCUT2D eigenvalue weighted by Gasteiger charge is -2.41. The molecule has 0 radical (unpaired) electrons. The Kier molecular flexibility index (Phi) is 9.14. The number of nitrogens with one attached hydrogen (secondary N) is 1. The minimum absolute atomic E-state index is 0.00718. The molecule has 3 aliphatic heterocycles. The van der Waals surface area contributed by atoms with E-state index in [1.807, 2.05) is 42.6 Å². The van der Waals surface area contributed by atoms with Crippen molar-refractivity contribution < 1.29 is 48.6 Å². The van der Waals surface area contributed by atoms with Crippen LogP contribution in [0.5, 0.6) is 17.2 Å². The standard InChI is InChI=1S/C46H42N2O10/c1-54-27-17-32-30-15-14-25-8-4-11-29(25)38(30)40-35(49)21-48-20-33-24(7-5-12-31(33)45(48)53)9-6-16-56-44-41(50)37(23-55-22-26-19-47-34-13-3-2-10-28(26)34)58-46(43(44)52)57-36(18-27)39(32)42(40)51/h2-3,5,7,10,12-15,17-19,25,29,37,41,43-44,46-47,50-52H,4,8-9,11,20-23H2,1H3. The second-order valence-corrected chi connectivity index (χ2v) is 15.7. The van der Waals surface area contributed by atoms with Crippen LogP contribution in [-0.2, 0) is 33.8 Å². The summed E-state index contributed by atoms with van der Waals surface area (Å²) in [6.45, 7) is 0.0742. The number of aromatic amines is 1. The summed E-state index contributed by atoms with van der Waals surface area (Å²) in [7, 11) is 1.52. The number of para-hydroxylation sites is 1. The summed E-state index contributed by atoms with van der Waals surface area (Å²) >= 11 is 0. The zero-order chi connectivity index (χ0) is 39.7. The molecule has 0 spiro atoms. The molecule has 4 heterocycles. The van der Waals surface area contributed by atoms with Gasteiger partial charge >= 0.3 is 0 Å². The highest BCUT2D eigenvalue weighted by Gasteiger charge is 2.48. The number of methoxy groups -OCH3 is 1. The number of Topliss-reactive ketones (excluding diaryl/α,β-unsaturated/α-hetero) is 1. The molecule has 2 aliphatic carbocycles. The molecule has 1 amide bonds. The third-order valence-corrected chi connectivity index (χ3v) is 12.5. The molecule has 4 N–H and O–H groups in total. The Balaban J connectivity index is 1.09. The first-order chi connectivity index (χ1) is 28.3. The van der Waals surface area contributed by atoms with Gasteiger partial charge in [-0.25, -0.2) is 0 Å². The molecule has 296 valence electrons. The van der Waals surface area contributed by atoms with Crippen molar-refractivity contribution in [2.24, 2.45) is 5.92 Å². The second kappa shape index (κ2) is 14.5. The van der Waals surface area contributed by atoms with Crippen LogP contribution in [0.1, 0.15) is 73.7 Å². The van der Waals surface area contributed by atoms with Crippen LogP contribution in [0, 0.1) is 17.9 Å². The van der Waals surface area contributed by atoms with E-state index in [0.717, 1.165) is 58.0 Å². The highest BCUT2D eigenvalue weighted by molar-refractivity contribution is 6.13. The van der Waals surface area contributed by atoms with Gasteiger partial charge in [-0.15, -0.1) is 0 Å². The Morgan fingerprint density at radius 1 is 1.02 bits per heavy atom. The smallest absolute Gasteiger partial charge is 0.254 e. The Labute approximate surface area is 333 Å². The topological polar surface area (TPSA) is 160 Å². The Morgan fingerprint density at radius 3 is 2.78 bits per heavy atom. The zero-order valence-electron chi connectivity index (χ0n) is 31.8. The van der Waals surface area contributed by atoms with Gasteiger partial charge in [-0.1, -0.05) is 54.8 Å². The van der Waals surface area contributed by atoms with Gasteiger partial charge in [0.15, 0.2) is 18.0 Å². The number of phenols is 1. The molecule has 58 heavy (non-hydrogen) atoms. The first-order valence-corrected chi connectivity index (χ1v) is 19.8. The van der Waals surface area contributed by atoms with Crippen molar-refractivity contribution in [3.05, 3.63) is 106 Å². The number of aliphatic hydroxyl groups excluding tert-OH is 2. The van der Waals surface area contributed by atoms with Crippen LogP contribution in [0.3, 0.4) is 0 Å². The third-order valence-electron chi connectivity index (χ3n) is 12.5. The van der Waals surface area contributed by atoms with Crippen molar-refractivity contribution in [2.75, 3.05) is 20.3 Å². The SMILES string of the molecule is COc1cc2c3c(O)c(c4c(c3c1)C=CC1CCCC41)C(=O)CN1Cc3c(cccc3C1=O)CC#COC1C(O)C(COCc3c[nH]c4ccccc34)OC(O2)C1O. The molecular weight excluding hydrogens is 741 g/mol. The molecule has 2 fully saturated rings. The van der Waals surface area contributed by atoms with E-state index in [2.05, 4.69) is 23.1 Å². The Morgan fingerprint density at radius 2 is 1.90 bits per heavy atom. The second-order valence-electron chi connectivity index (χ2n) is 15.7. The largest absolute Gasteiger partial charge is 0.506 e. The van der Waals surface area contributed by atoms with Crippen molar-refractivity contribution in [1.82, 2.24) is 9.88 Å². The van der Waals surface area contributed by atoms with Gasteiger partial charge in [-0.05, 0) is 65.1 Å². The molecule has 1 aromatic heterocycles. The molecule has 7 atom stereocenters. The first-order valence-electron chi connectivity index (χ1n) is 19.8. The number of ketones is 1. The van der Waals surface area contributed by atoms with E-state index in [1.54, 1.807) is 24.3 Å². The number of nitrogens with zero attached hydrogens (tertiary/aromatic N) is 1. The average Bonchev–Trinajstić information content (AvgIpc) is 3.96. The van der Waals surface area contributed by atoms with Gasteiger partial charge in [-0.3, -0.25) is 9.59 Å². The minimum Gasteiger partial charge on any atom is -0.506 e. The van der Waals surface area contributed by atoms with Crippen molar-refractivity contribution >= 4 is 39.4 Å². The lowest BCUT2D eigenvalue weighted by Crippen LogP contribution is -2.60.